The lowest BCUT2D eigenvalue weighted by atomic mass is 10.1. The highest BCUT2D eigenvalue weighted by atomic mass is 16.5. The van der Waals surface area contributed by atoms with Crippen LogP contribution in [-0.4, -0.2) is 47.7 Å². The topological polar surface area (TPSA) is 66.8 Å². The summed E-state index contributed by atoms with van der Waals surface area (Å²) >= 11 is 0. The average Bonchev–Trinajstić information content (AvgIpc) is 2.39. The number of carbonyl (C=O) groups is 2. The molecule has 0 spiro atoms. The molecule has 90 valence electrons. The Balaban J connectivity index is 2.07. The van der Waals surface area contributed by atoms with Crippen molar-refractivity contribution in [2.75, 3.05) is 19.7 Å². The molecule has 2 rings (SSSR count). The first-order valence-corrected chi connectivity index (χ1v) is 5.37. The van der Waals surface area contributed by atoms with Crippen LogP contribution in [0.5, 0.6) is 0 Å². The van der Waals surface area contributed by atoms with Gasteiger partial charge >= 0.3 is 5.97 Å². The van der Waals surface area contributed by atoms with E-state index in [9.17, 15) is 9.59 Å². The lowest BCUT2D eigenvalue weighted by molar-refractivity contribution is -0.154. The number of aliphatic carboxylic acids is 1. The molecule has 17 heavy (non-hydrogen) atoms. The van der Waals surface area contributed by atoms with Crippen molar-refractivity contribution in [3.8, 4) is 0 Å². The molecule has 1 aromatic rings. The summed E-state index contributed by atoms with van der Waals surface area (Å²) in [5, 5.41) is 8.85. The minimum Gasteiger partial charge on any atom is -0.479 e. The van der Waals surface area contributed by atoms with Crippen molar-refractivity contribution in [2.45, 2.75) is 6.10 Å². The summed E-state index contributed by atoms with van der Waals surface area (Å²) in [7, 11) is 0. The lowest BCUT2D eigenvalue weighted by Gasteiger charge is -2.30. The van der Waals surface area contributed by atoms with Crippen LogP contribution in [0.4, 0.5) is 0 Å². The third-order valence-corrected chi connectivity index (χ3v) is 2.65. The van der Waals surface area contributed by atoms with Crippen molar-refractivity contribution >= 4 is 11.9 Å². The zero-order chi connectivity index (χ0) is 12.3. The number of hydrogen-bond donors (Lipinski definition) is 1. The molecule has 1 unspecified atom stereocenters. The lowest BCUT2D eigenvalue weighted by Crippen LogP contribution is -2.48. The SMILES string of the molecule is O=C(O)C1CN(C(=O)c2ccccc2)CCO1. The van der Waals surface area contributed by atoms with Crippen LogP contribution < -0.4 is 0 Å². The van der Waals surface area contributed by atoms with Gasteiger partial charge in [-0.1, -0.05) is 18.2 Å². The van der Waals surface area contributed by atoms with Gasteiger partial charge in [-0.2, -0.15) is 0 Å². The Labute approximate surface area is 98.6 Å². The number of benzene rings is 1. The number of carboxylic acid groups (broad SMARTS) is 1. The fourth-order valence-electron chi connectivity index (χ4n) is 1.75. The molecule has 0 aromatic heterocycles. The van der Waals surface area contributed by atoms with E-state index in [1.54, 1.807) is 24.3 Å². The summed E-state index contributed by atoms with van der Waals surface area (Å²) < 4.78 is 5.06. The Kier molecular flexibility index (Phi) is 3.39. The second-order valence-corrected chi connectivity index (χ2v) is 3.81. The highest BCUT2D eigenvalue weighted by Crippen LogP contribution is 2.10. The van der Waals surface area contributed by atoms with Gasteiger partial charge in [-0.05, 0) is 12.1 Å². The number of nitrogens with zero attached hydrogens (tertiary/aromatic N) is 1. The maximum absolute atomic E-state index is 12.0. The Hall–Kier alpha value is -1.88. The fraction of sp³-hybridized carbons (Fsp3) is 0.333. The average molecular weight is 235 g/mol. The Morgan fingerprint density at radius 2 is 2.00 bits per heavy atom. The van der Waals surface area contributed by atoms with Crippen LogP contribution in [0.15, 0.2) is 30.3 Å². The molecular formula is C12H13NO4. The number of morpholine rings is 1. The standard InChI is InChI=1S/C12H13NO4/c14-11(9-4-2-1-3-5-9)13-6-7-17-10(8-13)12(15)16/h1-5,10H,6-8H2,(H,15,16). The zero-order valence-electron chi connectivity index (χ0n) is 9.20. The second kappa shape index (κ2) is 4.97. The summed E-state index contributed by atoms with van der Waals surface area (Å²) in [6, 6.07) is 8.82. The quantitative estimate of drug-likeness (QED) is 0.815. The number of rotatable bonds is 2. The van der Waals surface area contributed by atoms with Crippen molar-refractivity contribution in [1.29, 1.82) is 0 Å². The first-order chi connectivity index (χ1) is 8.18. The smallest absolute Gasteiger partial charge is 0.334 e. The molecule has 5 nitrogen and oxygen atoms in total. The molecule has 1 aliphatic heterocycles. The van der Waals surface area contributed by atoms with Crippen LogP contribution in [0.25, 0.3) is 0 Å². The van der Waals surface area contributed by atoms with Gasteiger partial charge < -0.3 is 14.7 Å². The molecule has 1 atom stereocenters. The molecule has 0 radical (unpaired) electrons. The highest BCUT2D eigenvalue weighted by molar-refractivity contribution is 5.94. The third-order valence-electron chi connectivity index (χ3n) is 2.65. The van der Waals surface area contributed by atoms with E-state index in [2.05, 4.69) is 0 Å². The highest BCUT2D eigenvalue weighted by Gasteiger charge is 2.29. The monoisotopic (exact) mass is 235 g/mol. The maximum Gasteiger partial charge on any atom is 0.334 e. The number of hydrogen-bond acceptors (Lipinski definition) is 3. The zero-order valence-corrected chi connectivity index (χ0v) is 9.20. The second-order valence-electron chi connectivity index (χ2n) is 3.81. The van der Waals surface area contributed by atoms with Crippen LogP contribution in [0.1, 0.15) is 10.4 Å². The molecule has 1 fully saturated rings. The van der Waals surface area contributed by atoms with E-state index in [1.165, 1.54) is 4.90 Å². The molecular weight excluding hydrogens is 222 g/mol. The summed E-state index contributed by atoms with van der Waals surface area (Å²) in [5.74, 6) is -1.18. The summed E-state index contributed by atoms with van der Waals surface area (Å²) in [4.78, 5) is 24.4. The Morgan fingerprint density at radius 3 is 2.65 bits per heavy atom. The fourth-order valence-corrected chi connectivity index (χ4v) is 1.75. The van der Waals surface area contributed by atoms with Crippen molar-refractivity contribution in [3.63, 3.8) is 0 Å². The molecule has 1 aliphatic rings. The van der Waals surface area contributed by atoms with E-state index in [0.717, 1.165) is 0 Å². The van der Waals surface area contributed by atoms with Gasteiger partial charge in [-0.25, -0.2) is 4.79 Å². The first-order valence-electron chi connectivity index (χ1n) is 5.37. The van der Waals surface area contributed by atoms with Gasteiger partial charge in [0.15, 0.2) is 6.10 Å². The van der Waals surface area contributed by atoms with E-state index in [-0.39, 0.29) is 19.1 Å². The number of carboxylic acids is 1. The van der Waals surface area contributed by atoms with Crippen molar-refractivity contribution in [1.82, 2.24) is 4.90 Å². The number of amides is 1. The van der Waals surface area contributed by atoms with Crippen molar-refractivity contribution in [3.05, 3.63) is 35.9 Å². The van der Waals surface area contributed by atoms with Gasteiger partial charge in [0.05, 0.1) is 13.2 Å². The van der Waals surface area contributed by atoms with Crippen LogP contribution in [0.3, 0.4) is 0 Å². The van der Waals surface area contributed by atoms with Gasteiger partial charge in [0.1, 0.15) is 0 Å². The molecule has 1 saturated heterocycles. The first kappa shape index (κ1) is 11.6. The van der Waals surface area contributed by atoms with Crippen LogP contribution in [-0.2, 0) is 9.53 Å². The van der Waals surface area contributed by atoms with Gasteiger partial charge in [0.2, 0.25) is 0 Å². The molecule has 0 saturated carbocycles. The Bertz CT molecular complexity index is 418. The van der Waals surface area contributed by atoms with E-state index < -0.39 is 12.1 Å². The van der Waals surface area contributed by atoms with Crippen LogP contribution >= 0.6 is 0 Å². The summed E-state index contributed by atoms with van der Waals surface area (Å²) in [6.07, 6.45) is -0.920. The molecule has 0 aliphatic carbocycles. The van der Waals surface area contributed by atoms with Crippen molar-refractivity contribution < 1.29 is 19.4 Å². The largest absolute Gasteiger partial charge is 0.479 e. The molecule has 1 heterocycles. The van der Waals surface area contributed by atoms with Gasteiger partial charge in [-0.15, -0.1) is 0 Å². The van der Waals surface area contributed by atoms with Gasteiger partial charge in [-0.3, -0.25) is 4.79 Å². The van der Waals surface area contributed by atoms with Crippen LogP contribution in [0.2, 0.25) is 0 Å². The molecule has 5 heteroatoms. The molecule has 0 bridgehead atoms. The number of ether oxygens (including phenoxy) is 1. The normalized spacial score (nSPS) is 20.0. The minimum atomic E-state index is -1.03. The Morgan fingerprint density at radius 1 is 1.29 bits per heavy atom. The van der Waals surface area contributed by atoms with Gasteiger partial charge in [0.25, 0.3) is 5.91 Å². The predicted molar refractivity (Wildman–Crippen MR) is 59.7 cm³/mol. The van der Waals surface area contributed by atoms with E-state index in [4.69, 9.17) is 9.84 Å². The molecule has 1 aromatic carbocycles. The van der Waals surface area contributed by atoms with Crippen LogP contribution in [0, 0.1) is 0 Å². The van der Waals surface area contributed by atoms with E-state index in [0.29, 0.717) is 12.1 Å². The van der Waals surface area contributed by atoms with E-state index >= 15 is 0 Å². The minimum absolute atomic E-state index is 0.100. The molecule has 1 amide bonds. The third kappa shape index (κ3) is 2.62. The predicted octanol–water partition coefficient (Wildman–Crippen LogP) is 0.612. The van der Waals surface area contributed by atoms with Gasteiger partial charge in [0, 0.05) is 12.1 Å². The molecule has 1 N–H and O–H groups in total. The maximum atomic E-state index is 12.0. The summed E-state index contributed by atoms with van der Waals surface area (Å²) in [6.45, 7) is 0.788. The summed E-state index contributed by atoms with van der Waals surface area (Å²) in [5.41, 5.74) is 0.568. The number of carbonyl (C=O) groups excluding carboxylic acids is 1. The van der Waals surface area contributed by atoms with E-state index in [1.807, 2.05) is 6.07 Å². The van der Waals surface area contributed by atoms with Crippen molar-refractivity contribution in [2.24, 2.45) is 0 Å².